The molecule has 0 aromatic heterocycles. The molecule has 158 valence electrons. The van der Waals surface area contributed by atoms with Crippen LogP contribution in [-0.4, -0.2) is 50.7 Å². The van der Waals surface area contributed by atoms with Crippen molar-refractivity contribution in [3.8, 4) is 5.75 Å². The molecule has 2 rings (SSSR count). The third-order valence-electron chi connectivity index (χ3n) is 3.97. The molecular formula is C20H24ClNO5S2. The Kier molecular flexibility index (Phi) is 9.29. The van der Waals surface area contributed by atoms with Crippen LogP contribution < -0.4 is 10.1 Å². The third-order valence-corrected chi connectivity index (χ3v) is 7.00. The first-order chi connectivity index (χ1) is 13.8. The van der Waals surface area contributed by atoms with Crippen LogP contribution in [0.1, 0.15) is 12.0 Å². The van der Waals surface area contributed by atoms with Crippen molar-refractivity contribution in [2.75, 3.05) is 31.2 Å². The van der Waals surface area contributed by atoms with E-state index in [4.69, 9.17) is 21.4 Å². The molecule has 0 aliphatic carbocycles. The number of benzene rings is 2. The molecule has 0 heterocycles. The standard InChI is InChI=1S/C20H24ClNO5S2/c1-15-12-17(6-7-19(15)27-14-20(23)24)28-10-9-22-8-3-11-29(25,26)18-5-2-4-16(21)13-18/h2,4-7,12-13,22H,3,8-11,14H2,1H3,(H,23,24). The van der Waals surface area contributed by atoms with E-state index < -0.39 is 15.8 Å². The van der Waals surface area contributed by atoms with Gasteiger partial charge in [0.05, 0.1) is 10.6 Å². The number of ether oxygens (including phenoxy) is 1. The molecule has 0 fully saturated rings. The molecule has 0 atom stereocenters. The Morgan fingerprint density at radius 1 is 1.21 bits per heavy atom. The Morgan fingerprint density at radius 3 is 2.69 bits per heavy atom. The Balaban J connectivity index is 1.66. The maximum absolute atomic E-state index is 12.3. The van der Waals surface area contributed by atoms with Crippen molar-refractivity contribution in [1.82, 2.24) is 5.32 Å². The molecule has 0 saturated carbocycles. The van der Waals surface area contributed by atoms with Crippen LogP contribution in [0.3, 0.4) is 0 Å². The number of thioether (sulfide) groups is 1. The van der Waals surface area contributed by atoms with E-state index in [9.17, 15) is 13.2 Å². The zero-order chi connectivity index (χ0) is 21.3. The van der Waals surface area contributed by atoms with Gasteiger partial charge in [-0.05, 0) is 61.9 Å². The van der Waals surface area contributed by atoms with Crippen LogP contribution in [0.2, 0.25) is 5.02 Å². The molecule has 0 radical (unpaired) electrons. The lowest BCUT2D eigenvalue weighted by Crippen LogP contribution is -2.21. The summed E-state index contributed by atoms with van der Waals surface area (Å²) in [6.07, 6.45) is 0.522. The Hall–Kier alpha value is -1.74. The van der Waals surface area contributed by atoms with E-state index in [1.807, 2.05) is 19.1 Å². The van der Waals surface area contributed by atoms with Crippen molar-refractivity contribution in [2.45, 2.75) is 23.1 Å². The van der Waals surface area contributed by atoms with E-state index in [1.165, 1.54) is 6.07 Å². The summed E-state index contributed by atoms with van der Waals surface area (Å²) in [5, 5.41) is 12.3. The fourth-order valence-corrected chi connectivity index (χ4v) is 5.06. The number of carbonyl (C=O) groups is 1. The summed E-state index contributed by atoms with van der Waals surface area (Å²) in [5.74, 6) is 0.463. The first-order valence-corrected chi connectivity index (χ1v) is 12.1. The number of hydrogen-bond acceptors (Lipinski definition) is 6. The van der Waals surface area contributed by atoms with Gasteiger partial charge in [-0.3, -0.25) is 0 Å². The van der Waals surface area contributed by atoms with E-state index in [-0.39, 0.29) is 17.3 Å². The molecule has 2 N–H and O–H groups in total. The fraction of sp³-hybridized carbons (Fsp3) is 0.350. The van der Waals surface area contributed by atoms with E-state index in [0.717, 1.165) is 22.8 Å². The van der Waals surface area contributed by atoms with Gasteiger partial charge in [-0.2, -0.15) is 0 Å². The zero-order valence-electron chi connectivity index (χ0n) is 16.1. The number of aliphatic carboxylic acids is 1. The van der Waals surface area contributed by atoms with Gasteiger partial charge in [-0.1, -0.05) is 17.7 Å². The van der Waals surface area contributed by atoms with Crippen molar-refractivity contribution in [1.29, 1.82) is 0 Å². The second-order valence-electron chi connectivity index (χ2n) is 6.34. The molecule has 0 unspecified atom stereocenters. The summed E-state index contributed by atoms with van der Waals surface area (Å²) in [6, 6.07) is 11.9. The van der Waals surface area contributed by atoms with Crippen LogP contribution in [0.5, 0.6) is 5.75 Å². The molecule has 2 aromatic rings. The minimum atomic E-state index is -3.32. The number of carboxylic acid groups (broad SMARTS) is 1. The number of nitrogens with one attached hydrogen (secondary N) is 1. The van der Waals surface area contributed by atoms with Gasteiger partial charge in [0.1, 0.15) is 5.75 Å². The van der Waals surface area contributed by atoms with Crippen molar-refractivity contribution in [2.24, 2.45) is 0 Å². The monoisotopic (exact) mass is 457 g/mol. The second-order valence-corrected chi connectivity index (χ2v) is 10.1. The number of carboxylic acids is 1. The highest BCUT2D eigenvalue weighted by Crippen LogP contribution is 2.25. The van der Waals surface area contributed by atoms with Crippen molar-refractivity contribution < 1.29 is 23.1 Å². The van der Waals surface area contributed by atoms with Crippen molar-refractivity contribution in [3.63, 3.8) is 0 Å². The predicted molar refractivity (Wildman–Crippen MR) is 116 cm³/mol. The molecule has 9 heteroatoms. The van der Waals surface area contributed by atoms with Gasteiger partial charge in [-0.15, -0.1) is 11.8 Å². The molecule has 29 heavy (non-hydrogen) atoms. The molecule has 0 saturated heterocycles. The lowest BCUT2D eigenvalue weighted by molar-refractivity contribution is -0.139. The summed E-state index contributed by atoms with van der Waals surface area (Å²) in [6.45, 7) is 2.88. The lowest BCUT2D eigenvalue weighted by Gasteiger charge is -2.09. The van der Waals surface area contributed by atoms with Crippen LogP contribution in [0.15, 0.2) is 52.3 Å². The molecule has 0 bridgehead atoms. The van der Waals surface area contributed by atoms with Crippen LogP contribution in [-0.2, 0) is 14.6 Å². The average Bonchev–Trinajstić information content (AvgIpc) is 2.66. The van der Waals surface area contributed by atoms with Gasteiger partial charge in [0.2, 0.25) is 0 Å². The first kappa shape index (κ1) is 23.5. The second kappa shape index (κ2) is 11.4. The summed E-state index contributed by atoms with van der Waals surface area (Å²) >= 11 is 7.52. The Bertz CT molecular complexity index is 934. The van der Waals surface area contributed by atoms with Crippen LogP contribution in [0, 0.1) is 6.92 Å². The fourth-order valence-electron chi connectivity index (χ4n) is 2.54. The molecule has 6 nitrogen and oxygen atoms in total. The topological polar surface area (TPSA) is 92.7 Å². The highest BCUT2D eigenvalue weighted by molar-refractivity contribution is 7.99. The maximum atomic E-state index is 12.3. The maximum Gasteiger partial charge on any atom is 0.341 e. The minimum Gasteiger partial charge on any atom is -0.482 e. The van der Waals surface area contributed by atoms with Gasteiger partial charge in [-0.25, -0.2) is 13.2 Å². The normalized spacial score (nSPS) is 11.4. The SMILES string of the molecule is Cc1cc(SCCNCCCS(=O)(=O)c2cccc(Cl)c2)ccc1OCC(=O)O. The molecular weight excluding hydrogens is 434 g/mol. The summed E-state index contributed by atoms with van der Waals surface area (Å²) in [7, 11) is -3.32. The van der Waals surface area contributed by atoms with Gasteiger partial charge in [0.15, 0.2) is 16.4 Å². The molecule has 0 amide bonds. The number of rotatable bonds is 12. The summed E-state index contributed by atoms with van der Waals surface area (Å²) < 4.78 is 29.7. The molecule has 2 aromatic carbocycles. The molecule has 0 aliphatic heterocycles. The number of hydrogen-bond donors (Lipinski definition) is 2. The summed E-state index contributed by atoms with van der Waals surface area (Å²) in [4.78, 5) is 11.9. The van der Waals surface area contributed by atoms with E-state index in [1.54, 1.807) is 36.0 Å². The average molecular weight is 458 g/mol. The van der Waals surface area contributed by atoms with Gasteiger partial charge in [0, 0.05) is 22.2 Å². The van der Waals surface area contributed by atoms with E-state index in [0.29, 0.717) is 23.7 Å². The van der Waals surface area contributed by atoms with Crippen LogP contribution in [0.25, 0.3) is 0 Å². The predicted octanol–water partition coefficient (Wildman–Crippen LogP) is 3.66. The van der Waals surface area contributed by atoms with Gasteiger partial charge >= 0.3 is 5.97 Å². The quantitative estimate of drug-likeness (QED) is 0.371. The molecule has 0 spiro atoms. The summed E-state index contributed by atoms with van der Waals surface area (Å²) in [5.41, 5.74) is 0.885. The highest BCUT2D eigenvalue weighted by atomic mass is 35.5. The first-order valence-electron chi connectivity index (χ1n) is 9.05. The number of aryl methyl sites for hydroxylation is 1. The van der Waals surface area contributed by atoms with Crippen LogP contribution >= 0.6 is 23.4 Å². The lowest BCUT2D eigenvalue weighted by atomic mass is 10.2. The third kappa shape index (κ3) is 8.26. The van der Waals surface area contributed by atoms with Crippen molar-refractivity contribution >= 4 is 39.2 Å². The largest absolute Gasteiger partial charge is 0.482 e. The highest BCUT2D eigenvalue weighted by Gasteiger charge is 2.14. The van der Waals surface area contributed by atoms with Gasteiger partial charge < -0.3 is 15.2 Å². The van der Waals surface area contributed by atoms with Gasteiger partial charge in [0.25, 0.3) is 0 Å². The minimum absolute atomic E-state index is 0.0739. The van der Waals surface area contributed by atoms with Crippen LogP contribution in [0.4, 0.5) is 0 Å². The van der Waals surface area contributed by atoms with Crippen molar-refractivity contribution in [3.05, 3.63) is 53.1 Å². The Labute approximate surface area is 180 Å². The smallest absolute Gasteiger partial charge is 0.341 e. The van der Waals surface area contributed by atoms with E-state index >= 15 is 0 Å². The molecule has 0 aliphatic rings. The van der Waals surface area contributed by atoms with E-state index in [2.05, 4.69) is 5.32 Å². The number of sulfone groups is 1. The Morgan fingerprint density at radius 2 is 2.00 bits per heavy atom. The number of halogens is 1. The zero-order valence-corrected chi connectivity index (χ0v) is 18.4.